The molecular formula is C12H20N2O4S. The lowest BCUT2D eigenvalue weighted by molar-refractivity contribution is -0.141. The number of urea groups is 1. The SMILES string of the molecule is CC1CN(C(=O)N2CSCC2C(=O)O)CC(C)(C)O1. The van der Waals surface area contributed by atoms with Crippen molar-refractivity contribution < 1.29 is 19.4 Å². The van der Waals surface area contributed by atoms with Crippen molar-refractivity contribution in [3.63, 3.8) is 0 Å². The van der Waals surface area contributed by atoms with Gasteiger partial charge in [0.1, 0.15) is 6.04 Å². The molecule has 0 aromatic rings. The van der Waals surface area contributed by atoms with Gasteiger partial charge < -0.3 is 19.6 Å². The Labute approximate surface area is 117 Å². The van der Waals surface area contributed by atoms with Crippen LogP contribution in [0.15, 0.2) is 0 Å². The molecule has 2 amide bonds. The van der Waals surface area contributed by atoms with Gasteiger partial charge in [0.05, 0.1) is 24.1 Å². The molecule has 2 unspecified atom stereocenters. The summed E-state index contributed by atoms with van der Waals surface area (Å²) in [5, 5.41) is 9.14. The number of ether oxygens (including phenoxy) is 1. The van der Waals surface area contributed by atoms with E-state index >= 15 is 0 Å². The molecule has 0 aromatic carbocycles. The third-order valence-corrected chi connectivity index (χ3v) is 4.27. The van der Waals surface area contributed by atoms with Crippen LogP contribution in [0.1, 0.15) is 20.8 Å². The minimum Gasteiger partial charge on any atom is -0.480 e. The fourth-order valence-electron chi connectivity index (χ4n) is 2.62. The van der Waals surface area contributed by atoms with Gasteiger partial charge in [0.15, 0.2) is 0 Å². The van der Waals surface area contributed by atoms with Crippen molar-refractivity contribution in [1.82, 2.24) is 9.80 Å². The minimum atomic E-state index is -0.932. The number of carboxylic acids is 1. The number of carboxylic acid groups (broad SMARTS) is 1. The summed E-state index contributed by atoms with van der Waals surface area (Å²) in [6.07, 6.45) is -0.0359. The van der Waals surface area contributed by atoms with Gasteiger partial charge in [0.25, 0.3) is 0 Å². The van der Waals surface area contributed by atoms with Gasteiger partial charge >= 0.3 is 12.0 Å². The van der Waals surface area contributed by atoms with Crippen LogP contribution in [0.4, 0.5) is 4.79 Å². The highest BCUT2D eigenvalue weighted by atomic mass is 32.2. The number of carbonyl (C=O) groups excluding carboxylic acids is 1. The zero-order valence-corrected chi connectivity index (χ0v) is 12.3. The molecule has 2 saturated heterocycles. The highest BCUT2D eigenvalue weighted by molar-refractivity contribution is 7.99. The van der Waals surface area contributed by atoms with Crippen molar-refractivity contribution in [1.29, 1.82) is 0 Å². The van der Waals surface area contributed by atoms with E-state index in [1.54, 1.807) is 4.90 Å². The minimum absolute atomic E-state index is 0.0359. The second-order valence-corrected chi connectivity index (χ2v) is 6.67. The Hall–Kier alpha value is -0.950. The van der Waals surface area contributed by atoms with Crippen LogP contribution >= 0.6 is 11.8 Å². The van der Waals surface area contributed by atoms with Crippen LogP contribution in [0.25, 0.3) is 0 Å². The lowest BCUT2D eigenvalue weighted by atomic mass is 10.1. The first kappa shape index (κ1) is 14.5. The van der Waals surface area contributed by atoms with Crippen LogP contribution in [0.5, 0.6) is 0 Å². The fraction of sp³-hybridized carbons (Fsp3) is 0.833. The molecule has 2 rings (SSSR count). The molecule has 0 saturated carbocycles. The van der Waals surface area contributed by atoms with Crippen LogP contribution in [0.3, 0.4) is 0 Å². The Balaban J connectivity index is 2.08. The van der Waals surface area contributed by atoms with Crippen molar-refractivity contribution >= 4 is 23.8 Å². The normalized spacial score (nSPS) is 30.5. The van der Waals surface area contributed by atoms with Crippen molar-refractivity contribution in [2.75, 3.05) is 24.7 Å². The summed E-state index contributed by atoms with van der Waals surface area (Å²) in [4.78, 5) is 26.8. The van der Waals surface area contributed by atoms with Gasteiger partial charge in [0, 0.05) is 12.3 Å². The predicted molar refractivity (Wildman–Crippen MR) is 72.2 cm³/mol. The van der Waals surface area contributed by atoms with E-state index in [0.717, 1.165) is 0 Å². The Kier molecular flexibility index (Phi) is 3.96. The summed E-state index contributed by atoms with van der Waals surface area (Å²) >= 11 is 1.48. The Bertz CT molecular complexity index is 388. The van der Waals surface area contributed by atoms with E-state index < -0.39 is 12.0 Å². The van der Waals surface area contributed by atoms with Crippen LogP contribution in [0.2, 0.25) is 0 Å². The van der Waals surface area contributed by atoms with Crippen molar-refractivity contribution in [3.05, 3.63) is 0 Å². The standard InChI is InChI=1S/C12H20N2O4S/c1-8-4-13(6-12(2,3)18-8)11(17)14-7-19-5-9(14)10(15)16/h8-9H,4-7H2,1-3H3,(H,15,16). The first-order valence-corrected chi connectivity index (χ1v) is 7.49. The summed E-state index contributed by atoms with van der Waals surface area (Å²) in [5.74, 6) is -0.0225. The van der Waals surface area contributed by atoms with E-state index in [4.69, 9.17) is 9.84 Å². The number of nitrogens with zero attached hydrogens (tertiary/aromatic N) is 2. The van der Waals surface area contributed by atoms with Crippen LogP contribution in [-0.2, 0) is 9.53 Å². The van der Waals surface area contributed by atoms with E-state index in [9.17, 15) is 9.59 Å². The maximum atomic E-state index is 12.5. The topological polar surface area (TPSA) is 70.1 Å². The lowest BCUT2D eigenvalue weighted by Crippen LogP contribution is -2.58. The summed E-state index contributed by atoms with van der Waals surface area (Å²) in [6, 6.07) is -0.903. The molecule has 2 fully saturated rings. The van der Waals surface area contributed by atoms with Gasteiger partial charge in [0.2, 0.25) is 0 Å². The van der Waals surface area contributed by atoms with E-state index in [-0.39, 0.29) is 17.7 Å². The van der Waals surface area contributed by atoms with Crippen LogP contribution < -0.4 is 0 Å². The molecule has 0 bridgehead atoms. The molecular weight excluding hydrogens is 268 g/mol. The van der Waals surface area contributed by atoms with E-state index in [1.165, 1.54) is 16.7 Å². The van der Waals surface area contributed by atoms with E-state index in [2.05, 4.69) is 0 Å². The van der Waals surface area contributed by atoms with Gasteiger partial charge in [-0.2, -0.15) is 0 Å². The molecule has 0 radical (unpaired) electrons. The van der Waals surface area contributed by atoms with Gasteiger partial charge in [-0.15, -0.1) is 11.8 Å². The van der Waals surface area contributed by atoms with Gasteiger partial charge in [-0.1, -0.05) is 0 Å². The molecule has 0 aromatic heterocycles. The highest BCUT2D eigenvalue weighted by Crippen LogP contribution is 2.26. The Morgan fingerprint density at radius 1 is 1.42 bits per heavy atom. The second-order valence-electron chi connectivity index (χ2n) is 5.67. The molecule has 1 N–H and O–H groups in total. The molecule has 0 aliphatic carbocycles. The van der Waals surface area contributed by atoms with Crippen LogP contribution in [-0.4, -0.2) is 69.4 Å². The fourth-order valence-corrected chi connectivity index (χ4v) is 3.76. The highest BCUT2D eigenvalue weighted by Gasteiger charge is 2.40. The van der Waals surface area contributed by atoms with Gasteiger partial charge in [-0.05, 0) is 20.8 Å². The summed E-state index contributed by atoms with van der Waals surface area (Å²) in [6.45, 7) is 6.81. The van der Waals surface area contributed by atoms with Crippen molar-refractivity contribution in [2.24, 2.45) is 0 Å². The zero-order chi connectivity index (χ0) is 14.2. The molecule has 2 atom stereocenters. The van der Waals surface area contributed by atoms with Gasteiger partial charge in [-0.25, -0.2) is 9.59 Å². The van der Waals surface area contributed by atoms with Crippen molar-refractivity contribution in [3.8, 4) is 0 Å². The summed E-state index contributed by atoms with van der Waals surface area (Å²) < 4.78 is 5.76. The van der Waals surface area contributed by atoms with Crippen molar-refractivity contribution in [2.45, 2.75) is 38.5 Å². The maximum absolute atomic E-state index is 12.5. The number of thioether (sulfide) groups is 1. The largest absolute Gasteiger partial charge is 0.480 e. The number of amides is 2. The second kappa shape index (κ2) is 5.20. The lowest BCUT2D eigenvalue weighted by Gasteiger charge is -2.43. The first-order valence-electron chi connectivity index (χ1n) is 6.34. The number of rotatable bonds is 1. The average Bonchev–Trinajstić information content (AvgIpc) is 2.73. The maximum Gasteiger partial charge on any atom is 0.327 e. The first-order chi connectivity index (χ1) is 8.80. The predicted octanol–water partition coefficient (Wildman–Crippen LogP) is 1.07. The number of hydrogen-bond donors (Lipinski definition) is 1. The quantitative estimate of drug-likeness (QED) is 0.781. The molecule has 2 aliphatic heterocycles. The third kappa shape index (κ3) is 3.14. The van der Waals surface area contributed by atoms with E-state index in [1.807, 2.05) is 20.8 Å². The molecule has 19 heavy (non-hydrogen) atoms. The van der Waals surface area contributed by atoms with Gasteiger partial charge in [-0.3, -0.25) is 0 Å². The Morgan fingerprint density at radius 3 is 2.68 bits per heavy atom. The zero-order valence-electron chi connectivity index (χ0n) is 11.5. The Morgan fingerprint density at radius 2 is 2.11 bits per heavy atom. The molecule has 2 heterocycles. The number of hydrogen-bond acceptors (Lipinski definition) is 4. The number of aliphatic carboxylic acids is 1. The molecule has 6 nitrogen and oxygen atoms in total. The summed E-state index contributed by atoms with van der Waals surface area (Å²) in [5.41, 5.74) is -0.390. The van der Waals surface area contributed by atoms with E-state index in [0.29, 0.717) is 24.7 Å². The average molecular weight is 288 g/mol. The number of morpholine rings is 1. The molecule has 0 spiro atoms. The number of carbonyl (C=O) groups is 2. The van der Waals surface area contributed by atoms with Crippen LogP contribution in [0, 0.1) is 0 Å². The third-order valence-electron chi connectivity index (χ3n) is 3.25. The smallest absolute Gasteiger partial charge is 0.327 e. The molecule has 2 aliphatic rings. The molecule has 108 valence electrons. The molecule has 7 heteroatoms. The summed E-state index contributed by atoms with van der Waals surface area (Å²) in [7, 11) is 0. The monoisotopic (exact) mass is 288 g/mol.